The average Bonchev–Trinajstić information content (AvgIpc) is 2.25. The first kappa shape index (κ1) is 16.2. The van der Waals surface area contributed by atoms with E-state index in [1.54, 1.807) is 0 Å². The number of rotatable bonds is 6. The van der Waals surface area contributed by atoms with E-state index in [-0.39, 0.29) is 6.54 Å². The van der Waals surface area contributed by atoms with Crippen molar-refractivity contribution in [2.75, 3.05) is 59.4 Å². The highest BCUT2D eigenvalue weighted by Gasteiger charge is 2.31. The smallest absolute Gasteiger partial charge is 0.401 e. The largest absolute Gasteiger partial charge is 0.480 e. The van der Waals surface area contributed by atoms with Crippen molar-refractivity contribution in [2.24, 2.45) is 0 Å². The van der Waals surface area contributed by atoms with Crippen molar-refractivity contribution in [1.82, 2.24) is 14.7 Å². The molecule has 0 spiro atoms. The lowest BCUT2D eigenvalue weighted by Crippen LogP contribution is -2.48. The first-order valence-electron chi connectivity index (χ1n) is 6.18. The van der Waals surface area contributed by atoms with Gasteiger partial charge in [-0.25, -0.2) is 0 Å². The molecule has 1 saturated heterocycles. The topological polar surface area (TPSA) is 47.0 Å². The van der Waals surface area contributed by atoms with Crippen LogP contribution in [0.15, 0.2) is 0 Å². The summed E-state index contributed by atoms with van der Waals surface area (Å²) in [6, 6.07) is 0. The van der Waals surface area contributed by atoms with Gasteiger partial charge in [0.25, 0.3) is 0 Å². The molecule has 0 aliphatic carbocycles. The quantitative estimate of drug-likeness (QED) is 0.753. The van der Waals surface area contributed by atoms with E-state index in [4.69, 9.17) is 5.11 Å². The van der Waals surface area contributed by atoms with E-state index in [1.807, 2.05) is 7.05 Å². The van der Waals surface area contributed by atoms with Crippen LogP contribution in [-0.2, 0) is 4.79 Å². The van der Waals surface area contributed by atoms with Crippen LogP contribution in [-0.4, -0.2) is 91.4 Å². The summed E-state index contributed by atoms with van der Waals surface area (Å²) in [5, 5.41) is 8.62. The Morgan fingerprint density at radius 1 is 1.26 bits per heavy atom. The summed E-state index contributed by atoms with van der Waals surface area (Å²) >= 11 is 0. The molecule has 0 amide bonds. The summed E-state index contributed by atoms with van der Waals surface area (Å²) in [4.78, 5) is 15.7. The molecule has 0 aromatic carbocycles. The summed E-state index contributed by atoms with van der Waals surface area (Å²) < 4.78 is 37.0. The van der Waals surface area contributed by atoms with Gasteiger partial charge in [-0.3, -0.25) is 14.6 Å². The van der Waals surface area contributed by atoms with Crippen LogP contribution in [0.4, 0.5) is 13.2 Å². The van der Waals surface area contributed by atoms with Crippen molar-refractivity contribution >= 4 is 5.97 Å². The second-order valence-electron chi connectivity index (χ2n) is 4.86. The molecule has 5 nitrogen and oxygen atoms in total. The van der Waals surface area contributed by atoms with Crippen molar-refractivity contribution in [2.45, 2.75) is 6.18 Å². The van der Waals surface area contributed by atoms with Gasteiger partial charge < -0.3 is 10.0 Å². The van der Waals surface area contributed by atoms with Gasteiger partial charge in [0.1, 0.15) is 0 Å². The fourth-order valence-electron chi connectivity index (χ4n) is 2.01. The molecule has 0 radical (unpaired) electrons. The zero-order valence-electron chi connectivity index (χ0n) is 11.0. The van der Waals surface area contributed by atoms with Crippen LogP contribution in [0.3, 0.4) is 0 Å². The fraction of sp³-hybridized carbons (Fsp3) is 0.909. The minimum absolute atomic E-state index is 0.121. The first-order chi connectivity index (χ1) is 8.76. The van der Waals surface area contributed by atoms with Gasteiger partial charge >= 0.3 is 12.1 Å². The van der Waals surface area contributed by atoms with Gasteiger partial charge in [0.05, 0.1) is 13.1 Å². The molecule has 8 heteroatoms. The van der Waals surface area contributed by atoms with Crippen molar-refractivity contribution in [3.63, 3.8) is 0 Å². The van der Waals surface area contributed by atoms with Gasteiger partial charge in [-0.15, -0.1) is 0 Å². The maximum atomic E-state index is 12.3. The molecule has 19 heavy (non-hydrogen) atoms. The number of hydrogen-bond acceptors (Lipinski definition) is 4. The summed E-state index contributed by atoms with van der Waals surface area (Å²) in [5.74, 6) is -1.23. The standard InChI is InChI=1S/C11H20F3N3O2/c1-15-2-4-16(5-3-15)6-7-17(8-10(18)19)9-11(12,13)14/h2-9H2,1H3,(H,18,19). The zero-order chi connectivity index (χ0) is 14.5. The van der Waals surface area contributed by atoms with Gasteiger partial charge in [0.15, 0.2) is 0 Å². The molecule has 1 fully saturated rings. The van der Waals surface area contributed by atoms with Crippen LogP contribution in [0, 0.1) is 0 Å². The summed E-state index contributed by atoms with van der Waals surface area (Å²) in [6.07, 6.45) is -4.36. The third-order valence-corrected chi connectivity index (χ3v) is 3.09. The molecular formula is C11H20F3N3O2. The lowest BCUT2D eigenvalue weighted by Gasteiger charge is -2.33. The molecule has 1 aliphatic rings. The number of nitrogens with zero attached hydrogens (tertiary/aromatic N) is 3. The third-order valence-electron chi connectivity index (χ3n) is 3.09. The van der Waals surface area contributed by atoms with Crippen molar-refractivity contribution in [3.8, 4) is 0 Å². The lowest BCUT2D eigenvalue weighted by atomic mass is 10.3. The van der Waals surface area contributed by atoms with Crippen LogP contribution in [0.25, 0.3) is 0 Å². The molecule has 1 N–H and O–H groups in total. The molecular weight excluding hydrogens is 263 g/mol. The van der Waals surface area contributed by atoms with E-state index in [0.717, 1.165) is 31.1 Å². The Labute approximate surface area is 110 Å². The SMILES string of the molecule is CN1CCN(CCN(CC(=O)O)CC(F)(F)F)CC1. The number of carboxylic acid groups (broad SMARTS) is 1. The van der Waals surface area contributed by atoms with E-state index in [9.17, 15) is 18.0 Å². The van der Waals surface area contributed by atoms with Gasteiger partial charge in [-0.2, -0.15) is 13.2 Å². The van der Waals surface area contributed by atoms with Crippen LogP contribution in [0.1, 0.15) is 0 Å². The predicted octanol–water partition coefficient (Wildman–Crippen LogP) is 0.183. The highest BCUT2D eigenvalue weighted by atomic mass is 19.4. The molecule has 0 bridgehead atoms. The highest BCUT2D eigenvalue weighted by Crippen LogP contribution is 2.16. The number of likely N-dealkylation sites (N-methyl/N-ethyl adjacent to an activating group) is 1. The van der Waals surface area contributed by atoms with Gasteiger partial charge in [0.2, 0.25) is 0 Å². The Morgan fingerprint density at radius 2 is 1.84 bits per heavy atom. The van der Waals surface area contributed by atoms with Crippen LogP contribution in [0.5, 0.6) is 0 Å². The zero-order valence-corrected chi connectivity index (χ0v) is 11.0. The highest BCUT2D eigenvalue weighted by molar-refractivity contribution is 5.69. The molecule has 112 valence electrons. The van der Waals surface area contributed by atoms with Crippen molar-refractivity contribution < 1.29 is 23.1 Å². The average molecular weight is 283 g/mol. The molecule has 1 rings (SSSR count). The molecule has 1 aliphatic heterocycles. The number of alkyl halides is 3. The summed E-state index contributed by atoms with van der Waals surface area (Å²) in [7, 11) is 2.00. The fourth-order valence-corrected chi connectivity index (χ4v) is 2.01. The van der Waals surface area contributed by atoms with Crippen molar-refractivity contribution in [3.05, 3.63) is 0 Å². The minimum Gasteiger partial charge on any atom is -0.480 e. The van der Waals surface area contributed by atoms with Gasteiger partial charge in [-0.1, -0.05) is 0 Å². The maximum Gasteiger partial charge on any atom is 0.401 e. The van der Waals surface area contributed by atoms with E-state index < -0.39 is 25.2 Å². The van der Waals surface area contributed by atoms with Gasteiger partial charge in [0, 0.05) is 39.3 Å². The number of halogens is 3. The Hall–Kier alpha value is -0.860. The Bertz CT molecular complexity index is 291. The number of carbonyl (C=O) groups is 1. The monoisotopic (exact) mass is 283 g/mol. The molecule has 0 saturated carbocycles. The minimum atomic E-state index is -4.36. The number of hydrogen-bond donors (Lipinski definition) is 1. The normalized spacial score (nSPS) is 19.0. The Morgan fingerprint density at radius 3 is 2.32 bits per heavy atom. The van der Waals surface area contributed by atoms with Gasteiger partial charge in [-0.05, 0) is 7.05 Å². The molecule has 0 aromatic rings. The molecule has 0 aromatic heterocycles. The van der Waals surface area contributed by atoms with Crippen molar-refractivity contribution in [1.29, 1.82) is 0 Å². The van der Waals surface area contributed by atoms with Crippen LogP contribution < -0.4 is 0 Å². The Kier molecular flexibility index (Phi) is 6.02. The molecule has 1 heterocycles. The van der Waals surface area contributed by atoms with E-state index in [1.165, 1.54) is 0 Å². The van der Waals surface area contributed by atoms with E-state index in [0.29, 0.717) is 6.54 Å². The second-order valence-corrected chi connectivity index (χ2v) is 4.86. The first-order valence-corrected chi connectivity index (χ1v) is 6.18. The number of carboxylic acids is 1. The summed E-state index contributed by atoms with van der Waals surface area (Å²) in [5.41, 5.74) is 0. The molecule has 0 atom stereocenters. The number of aliphatic carboxylic acids is 1. The van der Waals surface area contributed by atoms with E-state index in [2.05, 4.69) is 9.80 Å². The summed E-state index contributed by atoms with van der Waals surface area (Å²) in [6.45, 7) is 2.23. The predicted molar refractivity (Wildman–Crippen MR) is 64.1 cm³/mol. The number of piperazine rings is 1. The van der Waals surface area contributed by atoms with E-state index >= 15 is 0 Å². The van der Waals surface area contributed by atoms with Crippen LogP contribution >= 0.6 is 0 Å². The lowest BCUT2D eigenvalue weighted by molar-refractivity contribution is -0.154. The second kappa shape index (κ2) is 7.06. The maximum absolute atomic E-state index is 12.3. The Balaban J connectivity index is 2.37. The molecule has 0 unspecified atom stereocenters. The third kappa shape index (κ3) is 7.34. The van der Waals surface area contributed by atoms with Crippen LogP contribution in [0.2, 0.25) is 0 Å².